The van der Waals surface area contributed by atoms with Crippen LogP contribution in [-0.4, -0.2) is 51.5 Å². The van der Waals surface area contributed by atoms with Crippen molar-refractivity contribution in [3.05, 3.63) is 71.8 Å². The second kappa shape index (κ2) is 9.73. The number of hydrogen-bond donors (Lipinski definition) is 4. The van der Waals surface area contributed by atoms with Gasteiger partial charge in [-0.1, -0.05) is 74.5 Å². The molecule has 0 aromatic heterocycles. The average molecular weight is 412 g/mol. The second-order valence-electron chi connectivity index (χ2n) is 8.02. The van der Waals surface area contributed by atoms with Crippen molar-refractivity contribution >= 4 is 12.0 Å². The minimum atomic E-state index is -1.23. The predicted molar refractivity (Wildman–Crippen MR) is 114 cm³/mol. The third-order valence-corrected chi connectivity index (χ3v) is 5.42. The molecular formula is C23H29N3O4. The van der Waals surface area contributed by atoms with Crippen LogP contribution in [0.1, 0.15) is 25.0 Å². The highest BCUT2D eigenvalue weighted by Crippen LogP contribution is 2.24. The van der Waals surface area contributed by atoms with Gasteiger partial charge in [-0.3, -0.25) is 10.1 Å². The van der Waals surface area contributed by atoms with Crippen LogP contribution in [0.15, 0.2) is 60.7 Å². The number of amides is 2. The smallest absolute Gasteiger partial charge is 0.404 e. The molecule has 1 heterocycles. The fraction of sp³-hybridized carbons (Fsp3) is 0.391. The van der Waals surface area contributed by atoms with E-state index in [4.69, 9.17) is 0 Å². The highest BCUT2D eigenvalue weighted by atomic mass is 16.4. The van der Waals surface area contributed by atoms with E-state index >= 15 is 0 Å². The zero-order chi connectivity index (χ0) is 21.7. The van der Waals surface area contributed by atoms with Crippen molar-refractivity contribution in [3.8, 4) is 0 Å². The first kappa shape index (κ1) is 21.8. The molecule has 0 saturated carbocycles. The summed E-state index contributed by atoms with van der Waals surface area (Å²) in [4.78, 5) is 26.3. The molecule has 3 rings (SSSR count). The summed E-state index contributed by atoms with van der Waals surface area (Å²) < 4.78 is 0. The number of carboxylic acid groups (broad SMARTS) is 1. The normalized spacial score (nSPS) is 20.9. The molecule has 0 bridgehead atoms. The van der Waals surface area contributed by atoms with Crippen LogP contribution in [-0.2, 0) is 17.8 Å². The third kappa shape index (κ3) is 5.17. The number of rotatable bonds is 8. The van der Waals surface area contributed by atoms with Crippen LogP contribution in [0.3, 0.4) is 0 Å². The predicted octanol–water partition coefficient (Wildman–Crippen LogP) is 2.21. The van der Waals surface area contributed by atoms with E-state index in [1.54, 1.807) is 4.90 Å². The minimum Gasteiger partial charge on any atom is -0.465 e. The van der Waals surface area contributed by atoms with Gasteiger partial charge >= 0.3 is 6.09 Å². The van der Waals surface area contributed by atoms with Crippen LogP contribution in [0.25, 0.3) is 0 Å². The lowest BCUT2D eigenvalue weighted by Crippen LogP contribution is -2.55. The van der Waals surface area contributed by atoms with Crippen LogP contribution in [0.2, 0.25) is 0 Å². The molecule has 1 aliphatic rings. The van der Waals surface area contributed by atoms with E-state index in [0.29, 0.717) is 6.54 Å². The van der Waals surface area contributed by atoms with Gasteiger partial charge in [0, 0.05) is 6.54 Å². The summed E-state index contributed by atoms with van der Waals surface area (Å²) in [6.07, 6.45) is -2.41. The van der Waals surface area contributed by atoms with Crippen molar-refractivity contribution in [3.63, 3.8) is 0 Å². The molecule has 2 aromatic carbocycles. The van der Waals surface area contributed by atoms with Crippen LogP contribution >= 0.6 is 0 Å². The van der Waals surface area contributed by atoms with E-state index in [-0.39, 0.29) is 24.4 Å². The molecule has 4 N–H and O–H groups in total. The Morgan fingerprint density at radius 3 is 2.17 bits per heavy atom. The lowest BCUT2D eigenvalue weighted by Gasteiger charge is -2.27. The summed E-state index contributed by atoms with van der Waals surface area (Å²) in [7, 11) is 0. The van der Waals surface area contributed by atoms with Gasteiger partial charge in [-0.2, -0.15) is 0 Å². The molecule has 7 nitrogen and oxygen atoms in total. The van der Waals surface area contributed by atoms with E-state index in [1.807, 2.05) is 74.5 Å². The number of aliphatic hydroxyl groups excluding tert-OH is 1. The maximum Gasteiger partial charge on any atom is 0.404 e. The molecule has 0 aliphatic carbocycles. The summed E-state index contributed by atoms with van der Waals surface area (Å²) >= 11 is 0. The number of benzene rings is 2. The molecule has 160 valence electrons. The van der Waals surface area contributed by atoms with Crippen molar-refractivity contribution < 1.29 is 19.8 Å². The summed E-state index contributed by atoms with van der Waals surface area (Å²) in [6.45, 7) is 4.44. The lowest BCUT2D eigenvalue weighted by molar-refractivity contribution is -0.133. The Kier molecular flexibility index (Phi) is 7.07. The Morgan fingerprint density at radius 2 is 1.63 bits per heavy atom. The molecule has 0 spiro atoms. The fourth-order valence-electron chi connectivity index (χ4n) is 3.93. The molecular weight excluding hydrogens is 382 g/mol. The molecule has 1 fully saturated rings. The van der Waals surface area contributed by atoms with Gasteiger partial charge in [-0.15, -0.1) is 0 Å². The van der Waals surface area contributed by atoms with E-state index < -0.39 is 24.3 Å². The molecule has 30 heavy (non-hydrogen) atoms. The topological polar surface area (TPSA) is 102 Å². The zero-order valence-corrected chi connectivity index (χ0v) is 17.2. The fourth-order valence-corrected chi connectivity index (χ4v) is 3.93. The standard InChI is InChI=1S/C23H29N3O4/c1-15(2)21-25-19(22(28)26(21)14-17-11-7-4-8-12-17)20(27)18(24-23(29)30)13-16-9-5-3-6-10-16/h3-12,15,18-21,24-25,27H,13-14H2,1-2H3,(H,29,30)/t18-,19-,20+,21?/m0/s1. The van der Waals surface area contributed by atoms with Crippen molar-refractivity contribution in [1.29, 1.82) is 0 Å². The van der Waals surface area contributed by atoms with E-state index in [2.05, 4.69) is 10.6 Å². The Balaban J connectivity index is 1.80. The number of hydrogen-bond acceptors (Lipinski definition) is 4. The van der Waals surface area contributed by atoms with Gasteiger partial charge in [0.1, 0.15) is 6.04 Å². The van der Waals surface area contributed by atoms with Crippen molar-refractivity contribution in [2.45, 2.75) is 51.2 Å². The second-order valence-corrected chi connectivity index (χ2v) is 8.02. The summed E-state index contributed by atoms with van der Waals surface area (Å²) in [6, 6.07) is 17.3. The lowest BCUT2D eigenvalue weighted by atomic mass is 9.96. The minimum absolute atomic E-state index is 0.120. The highest BCUT2D eigenvalue weighted by Gasteiger charge is 2.45. The molecule has 0 radical (unpaired) electrons. The maximum absolute atomic E-state index is 13.2. The Bertz CT molecular complexity index is 844. The average Bonchev–Trinajstić information content (AvgIpc) is 3.05. The molecule has 7 heteroatoms. The van der Waals surface area contributed by atoms with Gasteiger partial charge in [0.15, 0.2) is 0 Å². The van der Waals surface area contributed by atoms with Crippen molar-refractivity contribution in [2.75, 3.05) is 0 Å². The van der Waals surface area contributed by atoms with E-state index in [1.165, 1.54) is 0 Å². The molecule has 1 saturated heterocycles. The van der Waals surface area contributed by atoms with Gasteiger partial charge in [0.25, 0.3) is 0 Å². The Labute approximate surface area is 176 Å². The van der Waals surface area contributed by atoms with Crippen LogP contribution in [0, 0.1) is 5.92 Å². The summed E-state index contributed by atoms with van der Waals surface area (Å²) in [5, 5.41) is 25.9. The van der Waals surface area contributed by atoms with Crippen LogP contribution < -0.4 is 10.6 Å². The van der Waals surface area contributed by atoms with Gasteiger partial charge < -0.3 is 20.4 Å². The number of carbonyl (C=O) groups excluding carboxylic acids is 1. The van der Waals surface area contributed by atoms with E-state index in [0.717, 1.165) is 11.1 Å². The third-order valence-electron chi connectivity index (χ3n) is 5.42. The number of nitrogens with zero attached hydrogens (tertiary/aromatic N) is 1. The van der Waals surface area contributed by atoms with Crippen LogP contribution in [0.5, 0.6) is 0 Å². The highest BCUT2D eigenvalue weighted by molar-refractivity contribution is 5.85. The maximum atomic E-state index is 13.2. The molecule has 1 unspecified atom stereocenters. The van der Waals surface area contributed by atoms with Crippen LogP contribution in [0.4, 0.5) is 4.79 Å². The first-order chi connectivity index (χ1) is 14.4. The molecule has 4 atom stereocenters. The SMILES string of the molecule is CC(C)C1N[C@@H]([C@H](O)[C@H](Cc2ccccc2)NC(=O)O)C(=O)N1Cc1ccccc1. The van der Waals surface area contributed by atoms with Gasteiger partial charge in [0.2, 0.25) is 5.91 Å². The Morgan fingerprint density at radius 1 is 1.07 bits per heavy atom. The molecule has 2 aromatic rings. The largest absolute Gasteiger partial charge is 0.465 e. The Hall–Kier alpha value is -2.90. The zero-order valence-electron chi connectivity index (χ0n) is 17.2. The van der Waals surface area contributed by atoms with Gasteiger partial charge in [-0.25, -0.2) is 4.79 Å². The molecule has 1 aliphatic heterocycles. The van der Waals surface area contributed by atoms with Crippen molar-refractivity contribution in [1.82, 2.24) is 15.5 Å². The van der Waals surface area contributed by atoms with Gasteiger partial charge in [-0.05, 0) is 23.5 Å². The first-order valence-corrected chi connectivity index (χ1v) is 10.2. The van der Waals surface area contributed by atoms with E-state index in [9.17, 15) is 19.8 Å². The first-order valence-electron chi connectivity index (χ1n) is 10.2. The number of carbonyl (C=O) groups is 2. The number of aliphatic hydroxyl groups is 1. The quantitative estimate of drug-likeness (QED) is 0.534. The van der Waals surface area contributed by atoms with Gasteiger partial charge in [0.05, 0.1) is 18.3 Å². The monoisotopic (exact) mass is 411 g/mol. The summed E-state index contributed by atoms with van der Waals surface area (Å²) in [5.74, 6) is -0.106. The van der Waals surface area contributed by atoms with Crippen molar-refractivity contribution in [2.24, 2.45) is 5.92 Å². The molecule has 2 amide bonds. The summed E-state index contributed by atoms with van der Waals surface area (Å²) in [5.41, 5.74) is 1.88. The number of nitrogens with one attached hydrogen (secondary N) is 2.